The van der Waals surface area contributed by atoms with Gasteiger partial charge in [-0.15, -0.1) is 0 Å². The van der Waals surface area contributed by atoms with E-state index in [4.69, 9.17) is 10.5 Å². The summed E-state index contributed by atoms with van der Waals surface area (Å²) in [5, 5.41) is 2.13. The fourth-order valence-corrected chi connectivity index (χ4v) is 2.90. The van der Waals surface area contributed by atoms with E-state index in [9.17, 15) is 24.0 Å². The van der Waals surface area contributed by atoms with Gasteiger partial charge >= 0.3 is 6.09 Å². The number of carbonyl (C=O) groups excluding carboxylic acids is 5. The zero-order valence-corrected chi connectivity index (χ0v) is 13.5. The highest BCUT2D eigenvalue weighted by atomic mass is 16.6. The van der Waals surface area contributed by atoms with Gasteiger partial charge in [0.15, 0.2) is 0 Å². The first-order valence-corrected chi connectivity index (χ1v) is 7.79. The van der Waals surface area contributed by atoms with Crippen molar-refractivity contribution in [1.29, 1.82) is 0 Å². The topological polar surface area (TPSA) is 145 Å². The molecule has 0 spiro atoms. The number of nitrogens with zero attached hydrogens (tertiary/aromatic N) is 1. The molecule has 0 bridgehead atoms. The summed E-state index contributed by atoms with van der Waals surface area (Å²) in [7, 11) is 0. The number of imide groups is 2. The molecule has 136 valence electrons. The highest BCUT2D eigenvalue weighted by molar-refractivity contribution is 6.24. The van der Waals surface area contributed by atoms with Gasteiger partial charge in [0.05, 0.1) is 11.1 Å². The second kappa shape index (κ2) is 6.82. The smallest absolute Gasteiger partial charge is 0.404 e. The number of ether oxygens (including phenoxy) is 2. The quantitative estimate of drug-likeness (QED) is 0.534. The van der Waals surface area contributed by atoms with Crippen LogP contribution in [0.1, 0.15) is 33.6 Å². The Hall–Kier alpha value is -3.43. The maximum atomic E-state index is 12.8. The van der Waals surface area contributed by atoms with E-state index < -0.39 is 35.8 Å². The minimum atomic E-state index is -1.05. The zero-order chi connectivity index (χ0) is 18.8. The lowest BCUT2D eigenvalue weighted by Crippen LogP contribution is -2.54. The molecule has 0 aliphatic carbocycles. The van der Waals surface area contributed by atoms with Gasteiger partial charge in [-0.25, -0.2) is 4.79 Å². The molecule has 1 unspecified atom stereocenters. The summed E-state index contributed by atoms with van der Waals surface area (Å²) in [5.74, 6) is -2.30. The number of hydrogen-bond acceptors (Lipinski definition) is 7. The molecule has 1 aromatic carbocycles. The molecular weight excluding hydrogens is 346 g/mol. The van der Waals surface area contributed by atoms with E-state index in [1.807, 2.05) is 0 Å². The predicted molar refractivity (Wildman–Crippen MR) is 84.1 cm³/mol. The molecule has 10 heteroatoms. The van der Waals surface area contributed by atoms with Crippen LogP contribution in [-0.4, -0.2) is 53.9 Å². The standard InChI is InChI=1S/C16H15N3O7/c17-16(24)26-7-6-25-10-3-1-2-8-12(10)15(23)19(14(8)22)9-4-5-11(20)18-13(9)21/h1-3,9H,4-7H2,(H2,17,24)(H,18,20,21). The van der Waals surface area contributed by atoms with Gasteiger partial charge in [0.1, 0.15) is 25.0 Å². The van der Waals surface area contributed by atoms with Gasteiger partial charge in [-0.2, -0.15) is 0 Å². The maximum absolute atomic E-state index is 12.8. The monoisotopic (exact) mass is 361 g/mol. The molecule has 0 radical (unpaired) electrons. The fourth-order valence-electron chi connectivity index (χ4n) is 2.90. The van der Waals surface area contributed by atoms with Crippen LogP contribution in [0, 0.1) is 0 Å². The van der Waals surface area contributed by atoms with Gasteiger partial charge in [-0.05, 0) is 18.6 Å². The summed E-state index contributed by atoms with van der Waals surface area (Å²) in [6, 6.07) is 3.42. The minimum absolute atomic E-state index is 0.0290. The van der Waals surface area contributed by atoms with Crippen LogP contribution >= 0.6 is 0 Å². The molecule has 2 aliphatic heterocycles. The van der Waals surface area contributed by atoms with Crippen LogP contribution in [-0.2, 0) is 14.3 Å². The Bertz CT molecular complexity index is 820. The number of nitrogens with two attached hydrogens (primary N) is 1. The molecule has 1 aromatic rings. The number of nitrogens with one attached hydrogen (secondary N) is 1. The molecule has 26 heavy (non-hydrogen) atoms. The lowest BCUT2D eigenvalue weighted by Gasteiger charge is -2.27. The van der Waals surface area contributed by atoms with Crippen molar-refractivity contribution in [1.82, 2.24) is 10.2 Å². The molecular formula is C16H15N3O7. The number of amides is 5. The Balaban J connectivity index is 1.81. The number of primary amides is 1. The molecule has 10 nitrogen and oxygen atoms in total. The van der Waals surface area contributed by atoms with Crippen molar-refractivity contribution < 1.29 is 33.4 Å². The molecule has 3 rings (SSSR count). The molecule has 2 heterocycles. The largest absolute Gasteiger partial charge is 0.489 e. The average Bonchev–Trinajstić information content (AvgIpc) is 2.84. The van der Waals surface area contributed by atoms with Crippen LogP contribution in [0.15, 0.2) is 18.2 Å². The van der Waals surface area contributed by atoms with E-state index in [2.05, 4.69) is 10.1 Å². The van der Waals surface area contributed by atoms with Crippen molar-refractivity contribution in [3.8, 4) is 5.75 Å². The van der Waals surface area contributed by atoms with Crippen LogP contribution in [0.2, 0.25) is 0 Å². The van der Waals surface area contributed by atoms with E-state index in [1.54, 1.807) is 0 Å². The van der Waals surface area contributed by atoms with Crippen LogP contribution in [0.3, 0.4) is 0 Å². The Labute approximate surface area is 147 Å². The molecule has 5 amide bonds. The maximum Gasteiger partial charge on any atom is 0.404 e. The summed E-state index contributed by atoms with van der Waals surface area (Å²) in [6.07, 6.45) is -0.849. The Morgan fingerprint density at radius 2 is 1.96 bits per heavy atom. The van der Waals surface area contributed by atoms with Crippen molar-refractivity contribution >= 4 is 29.7 Å². The predicted octanol–water partition coefficient (Wildman–Crippen LogP) is -0.438. The van der Waals surface area contributed by atoms with E-state index in [0.717, 1.165) is 4.90 Å². The molecule has 3 N–H and O–H groups in total. The Morgan fingerprint density at radius 1 is 1.19 bits per heavy atom. The summed E-state index contributed by atoms with van der Waals surface area (Å²) in [5.41, 5.74) is 4.98. The van der Waals surface area contributed by atoms with Gasteiger partial charge < -0.3 is 15.2 Å². The Morgan fingerprint density at radius 3 is 2.65 bits per heavy atom. The first-order chi connectivity index (χ1) is 12.4. The van der Waals surface area contributed by atoms with Gasteiger partial charge in [0.25, 0.3) is 11.8 Å². The number of piperidine rings is 1. The van der Waals surface area contributed by atoms with E-state index in [0.29, 0.717) is 0 Å². The van der Waals surface area contributed by atoms with Crippen LogP contribution in [0.4, 0.5) is 4.79 Å². The van der Waals surface area contributed by atoms with Gasteiger partial charge in [0.2, 0.25) is 11.8 Å². The van der Waals surface area contributed by atoms with Crippen molar-refractivity contribution in [2.24, 2.45) is 5.73 Å². The van der Waals surface area contributed by atoms with Crippen molar-refractivity contribution in [3.05, 3.63) is 29.3 Å². The highest BCUT2D eigenvalue weighted by Crippen LogP contribution is 2.33. The molecule has 2 aliphatic rings. The zero-order valence-electron chi connectivity index (χ0n) is 13.5. The minimum Gasteiger partial charge on any atom is -0.489 e. The number of hydrogen-bond donors (Lipinski definition) is 2. The van der Waals surface area contributed by atoms with Gasteiger partial charge in [-0.3, -0.25) is 29.4 Å². The third-order valence-electron chi connectivity index (χ3n) is 4.02. The van der Waals surface area contributed by atoms with E-state index in [-0.39, 0.29) is 42.9 Å². The second-order valence-corrected chi connectivity index (χ2v) is 5.64. The first-order valence-electron chi connectivity index (χ1n) is 7.79. The second-order valence-electron chi connectivity index (χ2n) is 5.64. The summed E-state index contributed by atoms with van der Waals surface area (Å²) in [4.78, 5) is 60.0. The number of rotatable bonds is 5. The summed E-state index contributed by atoms with van der Waals surface area (Å²) >= 11 is 0. The Kier molecular flexibility index (Phi) is 4.57. The molecule has 0 saturated carbocycles. The highest BCUT2D eigenvalue weighted by Gasteiger charge is 2.45. The van der Waals surface area contributed by atoms with Crippen LogP contribution in [0.5, 0.6) is 5.75 Å². The lowest BCUT2D eigenvalue weighted by atomic mass is 10.0. The number of benzene rings is 1. The third kappa shape index (κ3) is 3.08. The van der Waals surface area contributed by atoms with Crippen molar-refractivity contribution in [2.75, 3.05) is 13.2 Å². The SMILES string of the molecule is NC(=O)OCCOc1cccc2c1C(=O)N(C1CCC(=O)NC1=O)C2=O. The molecule has 1 saturated heterocycles. The van der Waals surface area contributed by atoms with Crippen LogP contribution < -0.4 is 15.8 Å². The summed E-state index contributed by atoms with van der Waals surface area (Å²) < 4.78 is 9.95. The lowest BCUT2D eigenvalue weighted by molar-refractivity contribution is -0.136. The van der Waals surface area contributed by atoms with Crippen molar-refractivity contribution in [2.45, 2.75) is 18.9 Å². The third-order valence-corrected chi connectivity index (χ3v) is 4.02. The molecule has 1 fully saturated rings. The van der Waals surface area contributed by atoms with E-state index >= 15 is 0 Å². The van der Waals surface area contributed by atoms with Gasteiger partial charge in [-0.1, -0.05) is 6.07 Å². The fraction of sp³-hybridized carbons (Fsp3) is 0.312. The average molecular weight is 361 g/mol. The molecule has 0 aromatic heterocycles. The number of carbonyl (C=O) groups is 5. The number of fused-ring (bicyclic) bond motifs is 1. The van der Waals surface area contributed by atoms with Crippen molar-refractivity contribution in [3.63, 3.8) is 0 Å². The molecule has 1 atom stereocenters. The van der Waals surface area contributed by atoms with Crippen LogP contribution in [0.25, 0.3) is 0 Å². The normalized spacial score (nSPS) is 19.2. The van der Waals surface area contributed by atoms with E-state index in [1.165, 1.54) is 18.2 Å². The van der Waals surface area contributed by atoms with Gasteiger partial charge in [0, 0.05) is 6.42 Å². The summed E-state index contributed by atoms with van der Waals surface area (Å²) in [6.45, 7) is -0.197. The first kappa shape index (κ1) is 17.4.